The molecule has 8 nitrogen and oxygen atoms in total. The van der Waals surface area contributed by atoms with Crippen LogP contribution in [-0.4, -0.2) is 39.9 Å². The first-order valence-electron chi connectivity index (χ1n) is 34.7. The Bertz CT molecular complexity index is 7190. The molecule has 0 fully saturated rings. The molecule has 22 aromatic rings. The Morgan fingerprint density at radius 1 is 0.170 bits per heavy atom. The number of thiazole rings is 2. The van der Waals surface area contributed by atoms with E-state index < -0.39 is 0 Å². The zero-order valence-electron chi connectivity index (χ0n) is 56.0. The van der Waals surface area contributed by atoms with Crippen LogP contribution in [-0.2, 0) is 0 Å². The number of fused-ring (bicyclic) bond motifs is 14. The van der Waals surface area contributed by atoms with Crippen LogP contribution in [0.15, 0.2) is 315 Å². The lowest BCUT2D eigenvalue weighted by atomic mass is 10.00. The minimum Gasteiger partial charge on any atom is -0.236 e. The molecule has 8 aromatic heterocycles. The van der Waals surface area contributed by atoms with Crippen LogP contribution >= 0.6 is 68.0 Å². The van der Waals surface area contributed by atoms with Gasteiger partial charge in [0.2, 0.25) is 0 Å². The third-order valence-corrected chi connectivity index (χ3v) is 26.3. The van der Waals surface area contributed by atoms with Gasteiger partial charge in [-0.25, -0.2) is 39.9 Å². The van der Waals surface area contributed by atoms with Crippen molar-refractivity contribution in [3.05, 3.63) is 315 Å². The standard InChI is InChI=1S/2C46H26N4S3/c1-2-11-27(12-3-1)43-48-44(50-45(49-43)35-18-9-16-32-31-15-4-6-20-37(31)52-42(32)35)34-17-10-22-39-41(34)33-24-23-29(26-40(33)51-39)28-13-8-14-30(25-28)46-47-36-19-5-7-21-38(36)53-46;1-2-10-27(11-3-1)43-48-44(30-21-22-33-32-14-4-6-17-37(32)51-40(33)26-30)50-45(49-43)35-15-9-19-39-42(35)34-23-20-29(25-41(34)52-39)28-12-8-13-31(24-28)46-47-36-16-5-7-18-38(36)53-46/h2*1-26H. The molecule has 0 unspecified atom stereocenters. The number of aromatic nitrogens is 8. The third-order valence-electron chi connectivity index (χ3n) is 19.6. The number of para-hydroxylation sites is 2. The SMILES string of the molecule is c1ccc(-c2nc(-c3ccc4c(c3)sc3ccccc34)nc(-c3cccc4sc5cc(-c6cccc(-c7nc8ccccc8s7)c6)ccc5c34)n2)cc1.c1ccc(-c2nc(-c3cccc4c3sc3ccccc34)nc(-c3cccc4sc5cc(-c6cccc(-c7nc8ccccc8s7)c6)ccc5c34)n2)cc1. The van der Waals surface area contributed by atoms with Gasteiger partial charge in [0.05, 0.1) is 20.4 Å². The Kier molecular flexibility index (Phi) is 15.2. The number of benzene rings is 14. The zero-order valence-corrected chi connectivity index (χ0v) is 60.9. The number of rotatable bonds is 10. The maximum atomic E-state index is 5.26. The summed E-state index contributed by atoms with van der Waals surface area (Å²) >= 11 is 10.7. The molecule has 0 bridgehead atoms. The van der Waals surface area contributed by atoms with Crippen molar-refractivity contribution in [2.24, 2.45) is 0 Å². The molecule has 106 heavy (non-hydrogen) atoms. The topological polar surface area (TPSA) is 103 Å². The minimum atomic E-state index is 0.661. The predicted octanol–water partition coefficient (Wildman–Crippen LogP) is 27.1. The van der Waals surface area contributed by atoms with E-state index in [0.717, 1.165) is 65.6 Å². The summed E-state index contributed by atoms with van der Waals surface area (Å²) in [5, 5.41) is 11.8. The maximum Gasteiger partial charge on any atom is 0.165 e. The Morgan fingerprint density at radius 3 is 1.07 bits per heavy atom. The van der Waals surface area contributed by atoms with Crippen molar-refractivity contribution in [3.63, 3.8) is 0 Å². The van der Waals surface area contributed by atoms with Gasteiger partial charge in [-0.3, -0.25) is 0 Å². The number of hydrogen-bond donors (Lipinski definition) is 0. The van der Waals surface area contributed by atoms with E-state index in [1.54, 1.807) is 45.3 Å². The molecule has 496 valence electrons. The summed E-state index contributed by atoms with van der Waals surface area (Å²) in [6.07, 6.45) is 0. The van der Waals surface area contributed by atoms with Gasteiger partial charge >= 0.3 is 0 Å². The Balaban J connectivity index is 0.000000136. The smallest absolute Gasteiger partial charge is 0.165 e. The monoisotopic (exact) mass is 1460 g/mol. The van der Waals surface area contributed by atoms with Crippen molar-refractivity contribution in [1.82, 2.24) is 39.9 Å². The summed E-state index contributed by atoms with van der Waals surface area (Å²) in [4.78, 5) is 40.8. The second-order valence-electron chi connectivity index (χ2n) is 26.1. The van der Waals surface area contributed by atoms with Gasteiger partial charge in [-0.1, -0.05) is 231 Å². The summed E-state index contributed by atoms with van der Waals surface area (Å²) in [6.45, 7) is 0. The fourth-order valence-corrected chi connectivity index (χ4v) is 21.1. The highest BCUT2D eigenvalue weighted by molar-refractivity contribution is 7.27. The molecule has 8 heterocycles. The molecular formula is C92H52N8S6. The van der Waals surface area contributed by atoms with E-state index in [-0.39, 0.29) is 0 Å². The van der Waals surface area contributed by atoms with Crippen LogP contribution in [0.1, 0.15) is 0 Å². The predicted molar refractivity (Wildman–Crippen MR) is 452 cm³/mol. The summed E-state index contributed by atoms with van der Waals surface area (Å²) in [5.74, 6) is 4.01. The van der Waals surface area contributed by atoms with E-state index in [1.807, 2.05) is 71.2 Å². The molecule has 0 aliphatic heterocycles. The molecule has 0 saturated carbocycles. The van der Waals surface area contributed by atoms with E-state index >= 15 is 0 Å². The van der Waals surface area contributed by atoms with Crippen LogP contribution in [0.4, 0.5) is 0 Å². The van der Waals surface area contributed by atoms with Gasteiger partial charge in [0, 0.05) is 125 Å². The molecule has 0 aliphatic carbocycles. The molecule has 0 atom stereocenters. The number of hydrogen-bond acceptors (Lipinski definition) is 14. The van der Waals surface area contributed by atoms with Gasteiger partial charge in [-0.15, -0.1) is 68.0 Å². The van der Waals surface area contributed by atoms with Gasteiger partial charge in [-0.05, 0) is 107 Å². The average molecular weight is 1460 g/mol. The van der Waals surface area contributed by atoms with Crippen molar-refractivity contribution < 1.29 is 0 Å². The Hall–Kier alpha value is -12.2. The Labute approximate surface area is 630 Å². The molecule has 14 aromatic carbocycles. The van der Waals surface area contributed by atoms with Crippen LogP contribution in [0.2, 0.25) is 0 Å². The van der Waals surface area contributed by atoms with E-state index in [1.165, 1.54) is 112 Å². The Morgan fingerprint density at radius 2 is 0.509 bits per heavy atom. The highest BCUT2D eigenvalue weighted by atomic mass is 32.1. The minimum absolute atomic E-state index is 0.661. The molecule has 22 rings (SSSR count). The van der Waals surface area contributed by atoms with Gasteiger partial charge in [0.25, 0.3) is 0 Å². The van der Waals surface area contributed by atoms with Crippen LogP contribution < -0.4 is 0 Å². The highest BCUT2D eigenvalue weighted by Crippen LogP contribution is 2.47. The molecule has 0 amide bonds. The summed E-state index contributed by atoms with van der Waals surface area (Å²) in [5.41, 5.74) is 15.0. The van der Waals surface area contributed by atoms with Crippen molar-refractivity contribution in [1.29, 1.82) is 0 Å². The van der Waals surface area contributed by atoms with Crippen molar-refractivity contribution in [2.45, 2.75) is 0 Å². The molecule has 0 aliphatic rings. The summed E-state index contributed by atoms with van der Waals surface area (Å²) in [6, 6.07) is 111. The first kappa shape index (κ1) is 62.3. The number of thiophene rings is 4. The normalized spacial score (nSPS) is 11.8. The van der Waals surface area contributed by atoms with Gasteiger partial charge in [0.15, 0.2) is 34.9 Å². The van der Waals surface area contributed by atoms with E-state index in [9.17, 15) is 0 Å². The largest absolute Gasteiger partial charge is 0.236 e. The van der Waals surface area contributed by atoms with Crippen LogP contribution in [0.5, 0.6) is 0 Å². The fourth-order valence-electron chi connectivity index (χ4n) is 14.5. The van der Waals surface area contributed by atoms with Crippen molar-refractivity contribution in [2.75, 3.05) is 0 Å². The van der Waals surface area contributed by atoms with Gasteiger partial charge in [-0.2, -0.15) is 0 Å². The third kappa shape index (κ3) is 11.1. The first-order chi connectivity index (χ1) is 52.4. The van der Waals surface area contributed by atoms with Crippen molar-refractivity contribution in [3.8, 4) is 112 Å². The fraction of sp³-hybridized carbons (Fsp3) is 0. The maximum absolute atomic E-state index is 5.26. The van der Waals surface area contributed by atoms with Crippen LogP contribution in [0.25, 0.3) is 213 Å². The molecule has 0 N–H and O–H groups in total. The van der Waals surface area contributed by atoms with E-state index in [0.29, 0.717) is 34.9 Å². The second kappa shape index (κ2) is 25.9. The van der Waals surface area contributed by atoms with Crippen molar-refractivity contribution >= 4 is 169 Å². The number of nitrogens with zero attached hydrogens (tertiary/aromatic N) is 8. The lowest BCUT2D eigenvalue weighted by Crippen LogP contribution is -2.00. The highest BCUT2D eigenvalue weighted by Gasteiger charge is 2.23. The van der Waals surface area contributed by atoms with E-state index in [4.69, 9.17) is 39.9 Å². The average Bonchev–Trinajstić information content (AvgIpc) is 1.56. The van der Waals surface area contributed by atoms with E-state index in [2.05, 4.69) is 267 Å². The summed E-state index contributed by atoms with van der Waals surface area (Å²) in [7, 11) is 0. The lowest BCUT2D eigenvalue weighted by Gasteiger charge is -2.10. The van der Waals surface area contributed by atoms with Gasteiger partial charge < -0.3 is 0 Å². The van der Waals surface area contributed by atoms with Gasteiger partial charge in [0.1, 0.15) is 10.0 Å². The lowest BCUT2D eigenvalue weighted by molar-refractivity contribution is 1.08. The first-order valence-corrected chi connectivity index (χ1v) is 39.6. The molecule has 0 radical (unpaired) electrons. The summed E-state index contributed by atoms with van der Waals surface area (Å²) < 4.78 is 12.2. The van der Waals surface area contributed by atoms with Crippen LogP contribution in [0, 0.1) is 0 Å². The molecule has 0 spiro atoms. The quantitative estimate of drug-likeness (QED) is 0.133. The molecule has 14 heteroatoms. The van der Waals surface area contributed by atoms with Crippen LogP contribution in [0.3, 0.4) is 0 Å². The second-order valence-corrected chi connectivity index (χ2v) is 32.4. The molecular weight excluding hydrogens is 1410 g/mol. The molecule has 0 saturated heterocycles. The zero-order chi connectivity index (χ0) is 69.8.